The van der Waals surface area contributed by atoms with E-state index in [4.69, 9.17) is 20.2 Å². The van der Waals surface area contributed by atoms with Gasteiger partial charge in [0.15, 0.2) is 5.96 Å². The topological polar surface area (TPSA) is 68.9 Å². The van der Waals surface area contributed by atoms with Gasteiger partial charge >= 0.3 is 0 Å². The Morgan fingerprint density at radius 2 is 1.86 bits per heavy atom. The molecule has 0 radical (unpaired) electrons. The Labute approximate surface area is 173 Å². The third kappa shape index (κ3) is 4.56. The normalized spacial score (nSPS) is 18.3. The molecule has 29 heavy (non-hydrogen) atoms. The molecule has 154 valence electrons. The maximum Gasteiger partial charge on any atom is 0.193 e. The first-order valence-electron chi connectivity index (χ1n) is 10.7. The van der Waals surface area contributed by atoms with E-state index in [1.54, 1.807) is 0 Å². The number of hydrogen-bond donors (Lipinski definition) is 2. The number of ether oxygens (including phenoxy) is 2. The quantitative estimate of drug-likeness (QED) is 0.574. The van der Waals surface area contributed by atoms with E-state index in [0.717, 1.165) is 43.9 Å². The molecule has 1 aliphatic heterocycles. The summed E-state index contributed by atoms with van der Waals surface area (Å²) in [5.41, 5.74) is 11.4. The molecule has 0 unspecified atom stereocenters. The van der Waals surface area contributed by atoms with Gasteiger partial charge in [0.05, 0.1) is 13.2 Å². The number of aliphatic imine (C=N–C) groups is 1. The molecule has 4 rings (SSSR count). The van der Waals surface area contributed by atoms with Crippen molar-refractivity contribution in [1.29, 1.82) is 0 Å². The number of fused-ring (bicyclic) bond motifs is 1. The van der Waals surface area contributed by atoms with Crippen LogP contribution in [0.4, 0.5) is 5.69 Å². The fraction of sp³-hybridized carbons (Fsp3) is 0.458. The monoisotopic (exact) mass is 393 g/mol. The fourth-order valence-corrected chi connectivity index (χ4v) is 4.45. The molecule has 1 aliphatic carbocycles. The number of nitrogens with one attached hydrogen (secondary N) is 1. The third-order valence-electron chi connectivity index (χ3n) is 6.15. The molecular formula is C24H31N3O2. The molecule has 2 aliphatic rings. The van der Waals surface area contributed by atoms with Crippen molar-refractivity contribution >= 4 is 11.6 Å². The largest absolute Gasteiger partial charge is 0.494 e. The molecule has 1 fully saturated rings. The van der Waals surface area contributed by atoms with Gasteiger partial charge in [-0.1, -0.05) is 18.2 Å². The van der Waals surface area contributed by atoms with Crippen molar-refractivity contribution in [3.8, 4) is 5.75 Å². The molecule has 0 spiro atoms. The van der Waals surface area contributed by atoms with Gasteiger partial charge in [-0.3, -0.25) is 4.99 Å². The Balaban J connectivity index is 1.48. The van der Waals surface area contributed by atoms with Gasteiger partial charge in [-0.2, -0.15) is 0 Å². The van der Waals surface area contributed by atoms with Gasteiger partial charge in [-0.05, 0) is 80.0 Å². The zero-order chi connectivity index (χ0) is 20.1. The summed E-state index contributed by atoms with van der Waals surface area (Å²) in [6.07, 6.45) is 5.47. The Kier molecular flexibility index (Phi) is 6.05. The summed E-state index contributed by atoms with van der Waals surface area (Å²) in [6, 6.07) is 14.9. The molecule has 0 saturated carbocycles. The van der Waals surface area contributed by atoms with Gasteiger partial charge in [-0.25, -0.2) is 0 Å². The highest BCUT2D eigenvalue weighted by molar-refractivity contribution is 5.92. The van der Waals surface area contributed by atoms with Crippen molar-refractivity contribution in [3.05, 3.63) is 59.2 Å². The molecule has 2 aromatic carbocycles. The van der Waals surface area contributed by atoms with E-state index < -0.39 is 0 Å². The van der Waals surface area contributed by atoms with Crippen LogP contribution in [-0.2, 0) is 23.0 Å². The van der Waals surface area contributed by atoms with Crippen molar-refractivity contribution in [3.63, 3.8) is 0 Å². The zero-order valence-corrected chi connectivity index (χ0v) is 17.2. The van der Waals surface area contributed by atoms with Crippen LogP contribution in [0.3, 0.4) is 0 Å². The number of nitrogens with two attached hydrogens (primary N) is 1. The summed E-state index contributed by atoms with van der Waals surface area (Å²) >= 11 is 0. The van der Waals surface area contributed by atoms with Gasteiger partial charge in [0.1, 0.15) is 5.75 Å². The molecule has 0 bridgehead atoms. The number of aryl methyl sites for hydroxylation is 2. The van der Waals surface area contributed by atoms with E-state index in [2.05, 4.69) is 35.6 Å². The molecule has 5 nitrogen and oxygen atoms in total. The number of hydrogen-bond acceptors (Lipinski definition) is 3. The predicted octanol–water partition coefficient (Wildman–Crippen LogP) is 4.05. The number of guanidine groups is 1. The fourth-order valence-electron chi connectivity index (χ4n) is 4.45. The molecule has 5 heteroatoms. The van der Waals surface area contributed by atoms with Gasteiger partial charge < -0.3 is 20.5 Å². The SMILES string of the molecule is CCOc1ccc(C2(CN=C(N)Nc3ccc4c(c3)CCC4)CCOCC2)cc1. The highest BCUT2D eigenvalue weighted by atomic mass is 16.5. The van der Waals surface area contributed by atoms with Crippen molar-refractivity contribution < 1.29 is 9.47 Å². The highest BCUT2D eigenvalue weighted by Gasteiger charge is 2.34. The minimum atomic E-state index is -0.0484. The maximum atomic E-state index is 6.26. The average molecular weight is 394 g/mol. The standard InChI is InChI=1S/C24H31N3O2/c1-2-29-22-10-7-20(8-11-22)24(12-14-28-15-13-24)17-26-23(25)27-21-9-6-18-4-3-5-19(18)16-21/h6-11,16H,2-5,12-15,17H2,1H3,(H3,25,26,27). The molecule has 2 aromatic rings. The maximum absolute atomic E-state index is 6.26. The molecule has 1 saturated heterocycles. The summed E-state index contributed by atoms with van der Waals surface area (Å²) in [5.74, 6) is 1.37. The van der Waals surface area contributed by atoms with E-state index in [-0.39, 0.29) is 5.41 Å². The molecule has 3 N–H and O–H groups in total. The Bertz CT molecular complexity index is 855. The zero-order valence-electron chi connectivity index (χ0n) is 17.2. The lowest BCUT2D eigenvalue weighted by atomic mass is 9.74. The van der Waals surface area contributed by atoms with Gasteiger partial charge in [0, 0.05) is 24.3 Å². The summed E-state index contributed by atoms with van der Waals surface area (Å²) in [6.45, 7) is 4.82. The van der Waals surface area contributed by atoms with Crippen LogP contribution in [0.1, 0.15) is 42.9 Å². The second kappa shape index (κ2) is 8.87. The number of anilines is 1. The number of rotatable bonds is 6. The molecule has 0 atom stereocenters. The van der Waals surface area contributed by atoms with E-state index in [1.807, 2.05) is 19.1 Å². The molecular weight excluding hydrogens is 362 g/mol. The second-order valence-corrected chi connectivity index (χ2v) is 8.01. The lowest BCUT2D eigenvalue weighted by Crippen LogP contribution is -2.38. The smallest absolute Gasteiger partial charge is 0.193 e. The Hall–Kier alpha value is -2.53. The average Bonchev–Trinajstić information content (AvgIpc) is 3.22. The van der Waals surface area contributed by atoms with Crippen molar-refractivity contribution in [1.82, 2.24) is 0 Å². The van der Waals surface area contributed by atoms with Crippen LogP contribution in [0.5, 0.6) is 5.75 Å². The van der Waals surface area contributed by atoms with Crippen LogP contribution in [-0.4, -0.2) is 32.3 Å². The summed E-state index contributed by atoms with van der Waals surface area (Å²) in [7, 11) is 0. The van der Waals surface area contributed by atoms with Crippen LogP contribution >= 0.6 is 0 Å². The van der Waals surface area contributed by atoms with Crippen LogP contribution in [0.15, 0.2) is 47.5 Å². The van der Waals surface area contributed by atoms with Crippen LogP contribution < -0.4 is 15.8 Å². The van der Waals surface area contributed by atoms with E-state index >= 15 is 0 Å². The van der Waals surface area contributed by atoms with Gasteiger partial charge in [0.2, 0.25) is 0 Å². The van der Waals surface area contributed by atoms with Gasteiger partial charge in [-0.15, -0.1) is 0 Å². The summed E-state index contributed by atoms with van der Waals surface area (Å²) < 4.78 is 11.2. The first-order chi connectivity index (χ1) is 14.2. The summed E-state index contributed by atoms with van der Waals surface area (Å²) in [4.78, 5) is 4.74. The lowest BCUT2D eigenvalue weighted by Gasteiger charge is -2.36. The predicted molar refractivity (Wildman–Crippen MR) is 118 cm³/mol. The van der Waals surface area contributed by atoms with Crippen LogP contribution in [0.2, 0.25) is 0 Å². The van der Waals surface area contributed by atoms with Crippen molar-refractivity contribution in [2.45, 2.75) is 44.4 Å². The Morgan fingerprint density at radius 1 is 1.10 bits per heavy atom. The van der Waals surface area contributed by atoms with E-state index in [1.165, 1.54) is 29.5 Å². The van der Waals surface area contributed by atoms with Crippen molar-refractivity contribution in [2.75, 3.05) is 31.7 Å². The minimum absolute atomic E-state index is 0.0484. The lowest BCUT2D eigenvalue weighted by molar-refractivity contribution is 0.0531. The third-order valence-corrected chi connectivity index (χ3v) is 6.15. The van der Waals surface area contributed by atoms with Crippen LogP contribution in [0, 0.1) is 0 Å². The van der Waals surface area contributed by atoms with E-state index in [9.17, 15) is 0 Å². The number of benzene rings is 2. The number of nitrogens with zero attached hydrogens (tertiary/aromatic N) is 1. The second-order valence-electron chi connectivity index (χ2n) is 8.01. The van der Waals surface area contributed by atoms with Gasteiger partial charge in [0.25, 0.3) is 0 Å². The highest BCUT2D eigenvalue weighted by Crippen LogP contribution is 2.36. The summed E-state index contributed by atoms with van der Waals surface area (Å²) in [5, 5.41) is 3.28. The van der Waals surface area contributed by atoms with E-state index in [0.29, 0.717) is 19.1 Å². The first kappa shape index (κ1) is 19.8. The molecule has 0 aromatic heterocycles. The molecule has 1 heterocycles. The Morgan fingerprint density at radius 3 is 2.62 bits per heavy atom. The minimum Gasteiger partial charge on any atom is -0.494 e. The molecule has 0 amide bonds. The van der Waals surface area contributed by atoms with Crippen LogP contribution in [0.25, 0.3) is 0 Å². The first-order valence-corrected chi connectivity index (χ1v) is 10.7. The van der Waals surface area contributed by atoms with Crippen molar-refractivity contribution in [2.24, 2.45) is 10.7 Å².